The molecule has 0 saturated carbocycles. The number of sulfonamides is 1. The van der Waals surface area contributed by atoms with Gasteiger partial charge < -0.3 is 5.73 Å². The molecule has 0 aliphatic carbocycles. The highest BCUT2D eigenvalue weighted by atomic mass is 32.2. The van der Waals surface area contributed by atoms with Gasteiger partial charge in [0, 0.05) is 5.56 Å². The van der Waals surface area contributed by atoms with Gasteiger partial charge in [-0.2, -0.15) is 5.10 Å². The van der Waals surface area contributed by atoms with Gasteiger partial charge in [-0.25, -0.2) is 8.42 Å². The second-order valence-electron chi connectivity index (χ2n) is 4.74. The Hall–Kier alpha value is -2.45. The molecule has 8 heteroatoms. The van der Waals surface area contributed by atoms with Crippen LogP contribution in [-0.4, -0.2) is 19.7 Å². The van der Waals surface area contributed by atoms with E-state index in [9.17, 15) is 8.42 Å². The van der Waals surface area contributed by atoms with E-state index in [-0.39, 0.29) is 10.0 Å². The van der Waals surface area contributed by atoms with Gasteiger partial charge in [0.15, 0.2) is 5.11 Å². The minimum absolute atomic E-state index is 0.0268. The number of hydrogen-bond donors (Lipinski definition) is 3. The van der Waals surface area contributed by atoms with E-state index in [0.29, 0.717) is 11.3 Å². The molecule has 0 bridgehead atoms. The zero-order valence-corrected chi connectivity index (χ0v) is 14.0. The number of para-hydroxylation sites is 1. The van der Waals surface area contributed by atoms with Crippen LogP contribution >= 0.6 is 12.2 Å². The molecule has 0 fully saturated rings. The van der Waals surface area contributed by atoms with Crippen LogP contribution in [0.3, 0.4) is 0 Å². The van der Waals surface area contributed by atoms with Crippen LogP contribution in [0.2, 0.25) is 0 Å². The van der Waals surface area contributed by atoms with E-state index in [1.165, 1.54) is 6.21 Å². The fraction of sp³-hybridized carbons (Fsp3) is 0.0667. The fourth-order valence-corrected chi connectivity index (χ4v) is 2.93. The summed E-state index contributed by atoms with van der Waals surface area (Å²) in [6.45, 7) is 1.89. The molecule has 0 radical (unpaired) electrons. The molecule has 0 aliphatic rings. The number of thiocarbonyl (C=S) groups is 1. The molecule has 2 aromatic carbocycles. The van der Waals surface area contributed by atoms with Crippen molar-refractivity contribution in [2.45, 2.75) is 11.8 Å². The molecule has 0 heterocycles. The molecule has 2 aromatic rings. The van der Waals surface area contributed by atoms with Crippen LogP contribution in [0, 0.1) is 6.92 Å². The van der Waals surface area contributed by atoms with E-state index in [1.807, 2.05) is 6.92 Å². The number of aryl methyl sites for hydroxylation is 1. The molecule has 23 heavy (non-hydrogen) atoms. The highest BCUT2D eigenvalue weighted by Gasteiger charge is 2.15. The zero-order chi connectivity index (χ0) is 16.9. The molecule has 0 aromatic heterocycles. The van der Waals surface area contributed by atoms with Crippen molar-refractivity contribution >= 4 is 39.3 Å². The van der Waals surface area contributed by atoms with Crippen molar-refractivity contribution in [3.8, 4) is 0 Å². The molecular formula is C15H16N4O2S2. The lowest BCUT2D eigenvalue weighted by Gasteiger charge is -2.10. The maximum Gasteiger partial charge on any atom is 0.261 e. The normalized spacial score (nSPS) is 11.3. The molecule has 0 atom stereocenters. The summed E-state index contributed by atoms with van der Waals surface area (Å²) in [5, 5.41) is 3.87. The summed E-state index contributed by atoms with van der Waals surface area (Å²) in [6.07, 6.45) is 1.44. The molecule has 0 aliphatic heterocycles. The average molecular weight is 348 g/mol. The van der Waals surface area contributed by atoms with Gasteiger partial charge in [-0.05, 0) is 37.3 Å². The molecule has 0 spiro atoms. The smallest absolute Gasteiger partial charge is 0.261 e. The fourth-order valence-electron chi connectivity index (χ4n) is 1.79. The van der Waals surface area contributed by atoms with E-state index < -0.39 is 10.0 Å². The standard InChI is InChI=1S/C15H16N4O2S2/c1-11-6-8-13(9-7-11)23(20,21)19-14-5-3-2-4-12(14)10-17-18-15(16)22/h2-10,19H,1H3,(H3,16,18,22)/b17-10-. The number of anilines is 1. The van der Waals surface area contributed by atoms with E-state index in [4.69, 9.17) is 5.73 Å². The summed E-state index contributed by atoms with van der Waals surface area (Å²) >= 11 is 4.65. The predicted molar refractivity (Wildman–Crippen MR) is 95.9 cm³/mol. The molecule has 0 unspecified atom stereocenters. The van der Waals surface area contributed by atoms with Crippen molar-refractivity contribution in [3.05, 3.63) is 59.7 Å². The van der Waals surface area contributed by atoms with E-state index in [0.717, 1.165) is 5.56 Å². The van der Waals surface area contributed by atoms with E-state index in [1.54, 1.807) is 48.5 Å². The lowest BCUT2D eigenvalue weighted by atomic mass is 10.2. The van der Waals surface area contributed by atoms with Crippen LogP contribution in [-0.2, 0) is 10.0 Å². The molecule has 120 valence electrons. The third-order valence-electron chi connectivity index (χ3n) is 2.91. The Labute approximate surface area is 140 Å². The Kier molecular flexibility index (Phi) is 5.30. The second-order valence-corrected chi connectivity index (χ2v) is 6.86. The minimum Gasteiger partial charge on any atom is -0.375 e. The molecule has 6 nitrogen and oxygen atoms in total. The number of nitrogens with one attached hydrogen (secondary N) is 2. The number of benzene rings is 2. The third-order valence-corrected chi connectivity index (χ3v) is 4.39. The number of hydrazone groups is 1. The number of hydrogen-bond acceptors (Lipinski definition) is 4. The van der Waals surface area contributed by atoms with Crippen LogP contribution in [0.4, 0.5) is 5.69 Å². The molecule has 0 saturated heterocycles. The first kappa shape index (κ1) is 16.9. The molecule has 4 N–H and O–H groups in total. The van der Waals surface area contributed by atoms with Crippen molar-refractivity contribution in [1.82, 2.24) is 5.43 Å². The van der Waals surface area contributed by atoms with Gasteiger partial charge in [0.25, 0.3) is 10.0 Å². The number of nitrogens with zero attached hydrogens (tertiary/aromatic N) is 1. The Balaban J connectivity index is 2.27. The topological polar surface area (TPSA) is 96.6 Å². The average Bonchev–Trinajstić information content (AvgIpc) is 2.49. The van der Waals surface area contributed by atoms with Gasteiger partial charge in [0.1, 0.15) is 0 Å². The maximum atomic E-state index is 12.4. The highest BCUT2D eigenvalue weighted by molar-refractivity contribution is 7.92. The summed E-state index contributed by atoms with van der Waals surface area (Å²) in [6, 6.07) is 13.5. The van der Waals surface area contributed by atoms with Crippen molar-refractivity contribution < 1.29 is 8.42 Å². The van der Waals surface area contributed by atoms with Gasteiger partial charge in [-0.3, -0.25) is 10.1 Å². The summed E-state index contributed by atoms with van der Waals surface area (Å²) in [7, 11) is -3.68. The molecule has 2 rings (SSSR count). The predicted octanol–water partition coefficient (Wildman–Crippen LogP) is 1.96. The van der Waals surface area contributed by atoms with Crippen molar-refractivity contribution in [3.63, 3.8) is 0 Å². The van der Waals surface area contributed by atoms with Crippen molar-refractivity contribution in [1.29, 1.82) is 0 Å². The van der Waals surface area contributed by atoms with Gasteiger partial charge in [-0.1, -0.05) is 35.9 Å². The van der Waals surface area contributed by atoms with Crippen LogP contribution in [0.5, 0.6) is 0 Å². The van der Waals surface area contributed by atoms with Gasteiger partial charge in [0.2, 0.25) is 0 Å². The van der Waals surface area contributed by atoms with Crippen LogP contribution < -0.4 is 15.9 Å². The SMILES string of the molecule is Cc1ccc(S(=O)(=O)Nc2ccccc2/C=N\NC(N)=S)cc1. The van der Waals surface area contributed by atoms with Gasteiger partial charge in [-0.15, -0.1) is 0 Å². The van der Waals surface area contributed by atoms with Crippen LogP contribution in [0.15, 0.2) is 58.5 Å². The summed E-state index contributed by atoms with van der Waals surface area (Å²) < 4.78 is 27.4. The molecular weight excluding hydrogens is 332 g/mol. The number of rotatable bonds is 5. The van der Waals surface area contributed by atoms with Crippen molar-refractivity contribution in [2.75, 3.05) is 4.72 Å². The van der Waals surface area contributed by atoms with Crippen molar-refractivity contribution in [2.24, 2.45) is 10.8 Å². The summed E-state index contributed by atoms with van der Waals surface area (Å²) in [5.41, 5.74) is 9.67. The zero-order valence-electron chi connectivity index (χ0n) is 12.4. The minimum atomic E-state index is -3.68. The first-order chi connectivity index (χ1) is 10.9. The quantitative estimate of drug-likeness (QED) is 0.436. The van der Waals surface area contributed by atoms with E-state index >= 15 is 0 Å². The highest BCUT2D eigenvalue weighted by Crippen LogP contribution is 2.19. The van der Waals surface area contributed by atoms with E-state index in [2.05, 4.69) is 27.5 Å². The third kappa shape index (κ3) is 4.76. The summed E-state index contributed by atoms with van der Waals surface area (Å²) in [4.78, 5) is 0.191. The lowest BCUT2D eigenvalue weighted by molar-refractivity contribution is 0.601. The maximum absolute atomic E-state index is 12.4. The Morgan fingerprint density at radius 1 is 1.17 bits per heavy atom. The number of nitrogens with two attached hydrogens (primary N) is 1. The van der Waals surface area contributed by atoms with Gasteiger partial charge >= 0.3 is 0 Å². The Morgan fingerprint density at radius 2 is 1.83 bits per heavy atom. The Morgan fingerprint density at radius 3 is 2.48 bits per heavy atom. The van der Waals surface area contributed by atoms with Crippen LogP contribution in [0.1, 0.15) is 11.1 Å². The molecule has 0 amide bonds. The van der Waals surface area contributed by atoms with Gasteiger partial charge in [0.05, 0.1) is 16.8 Å². The first-order valence-corrected chi connectivity index (χ1v) is 8.54. The second kappa shape index (κ2) is 7.21. The lowest BCUT2D eigenvalue weighted by Crippen LogP contribution is -2.24. The monoisotopic (exact) mass is 348 g/mol. The largest absolute Gasteiger partial charge is 0.375 e. The van der Waals surface area contributed by atoms with Crippen LogP contribution in [0.25, 0.3) is 0 Å². The Bertz CT molecular complexity index is 831. The summed E-state index contributed by atoms with van der Waals surface area (Å²) in [5.74, 6) is 0. The first-order valence-electron chi connectivity index (χ1n) is 6.65.